The molecule has 1 saturated heterocycles. The minimum atomic E-state index is -0.572. The average molecular weight is 350 g/mol. The van der Waals surface area contributed by atoms with E-state index in [2.05, 4.69) is 27.6 Å². The first kappa shape index (κ1) is 15.3. The summed E-state index contributed by atoms with van der Waals surface area (Å²) in [5, 5.41) is 5.65. The summed E-state index contributed by atoms with van der Waals surface area (Å²) in [7, 11) is 0. The lowest BCUT2D eigenvalue weighted by Crippen LogP contribution is -2.52. The van der Waals surface area contributed by atoms with Gasteiger partial charge in [-0.1, -0.05) is 0 Å². The predicted octanol–water partition coefficient (Wildman–Crippen LogP) is 0.841. The number of hydrogen-bond donors (Lipinski definition) is 2. The van der Waals surface area contributed by atoms with Gasteiger partial charge in [0.1, 0.15) is 6.04 Å². The van der Waals surface area contributed by atoms with Gasteiger partial charge in [-0.15, -0.1) is 0 Å². The Morgan fingerprint density at radius 3 is 2.50 bits per heavy atom. The van der Waals surface area contributed by atoms with Crippen LogP contribution in [0, 0.1) is 0 Å². The van der Waals surface area contributed by atoms with Crippen LogP contribution in [0.15, 0.2) is 30.6 Å². The zero-order chi connectivity index (χ0) is 17.8. The number of piperidine rings is 1. The molecule has 2 N–H and O–H groups in total. The Balaban J connectivity index is 1.43. The SMILES string of the molecule is O=C1CCC(N2Cc3cc(-n4cc5c(c4)CNC5)ccc3C2=O)C(=O)N1. The molecule has 0 aliphatic carbocycles. The van der Waals surface area contributed by atoms with Crippen molar-refractivity contribution in [2.75, 3.05) is 0 Å². The van der Waals surface area contributed by atoms with Gasteiger partial charge in [0.2, 0.25) is 11.8 Å². The molecule has 0 saturated carbocycles. The van der Waals surface area contributed by atoms with E-state index < -0.39 is 6.04 Å². The molecule has 1 unspecified atom stereocenters. The molecule has 4 heterocycles. The van der Waals surface area contributed by atoms with Gasteiger partial charge >= 0.3 is 0 Å². The quantitative estimate of drug-likeness (QED) is 0.787. The molecule has 0 radical (unpaired) electrons. The largest absolute Gasteiger partial charge is 0.323 e. The second-order valence-electron chi connectivity index (χ2n) is 7.06. The number of aromatic nitrogens is 1. The Bertz CT molecular complexity index is 940. The summed E-state index contributed by atoms with van der Waals surface area (Å²) < 4.78 is 2.09. The number of benzene rings is 1. The highest BCUT2D eigenvalue weighted by molar-refractivity contribution is 6.05. The smallest absolute Gasteiger partial charge is 0.255 e. The molecule has 7 heteroatoms. The number of carbonyl (C=O) groups excluding carboxylic acids is 3. The molecular formula is C19H18N4O3. The van der Waals surface area contributed by atoms with E-state index in [-0.39, 0.29) is 24.1 Å². The van der Waals surface area contributed by atoms with Gasteiger partial charge in [0, 0.05) is 49.7 Å². The first-order valence-corrected chi connectivity index (χ1v) is 8.78. The summed E-state index contributed by atoms with van der Waals surface area (Å²) in [4.78, 5) is 37.8. The van der Waals surface area contributed by atoms with Crippen molar-refractivity contribution < 1.29 is 14.4 Å². The van der Waals surface area contributed by atoms with Gasteiger partial charge in [-0.3, -0.25) is 19.7 Å². The van der Waals surface area contributed by atoms with Crippen molar-refractivity contribution in [2.45, 2.75) is 38.5 Å². The summed E-state index contributed by atoms with van der Waals surface area (Å²) in [6.45, 7) is 2.17. The molecule has 3 aliphatic rings. The van der Waals surface area contributed by atoms with Gasteiger partial charge < -0.3 is 14.8 Å². The van der Waals surface area contributed by atoms with Crippen molar-refractivity contribution in [3.63, 3.8) is 0 Å². The van der Waals surface area contributed by atoms with Crippen LogP contribution in [0.5, 0.6) is 0 Å². The van der Waals surface area contributed by atoms with Crippen LogP contribution in [0.2, 0.25) is 0 Å². The van der Waals surface area contributed by atoms with Gasteiger partial charge in [0.15, 0.2) is 0 Å². The zero-order valence-corrected chi connectivity index (χ0v) is 14.1. The van der Waals surface area contributed by atoms with Crippen molar-refractivity contribution in [1.82, 2.24) is 20.1 Å². The van der Waals surface area contributed by atoms with Crippen molar-refractivity contribution >= 4 is 17.7 Å². The summed E-state index contributed by atoms with van der Waals surface area (Å²) in [5.41, 5.74) is 5.17. The zero-order valence-electron chi connectivity index (χ0n) is 14.1. The monoisotopic (exact) mass is 350 g/mol. The van der Waals surface area contributed by atoms with Gasteiger partial charge in [-0.25, -0.2) is 0 Å². The fourth-order valence-corrected chi connectivity index (χ4v) is 4.06. The highest BCUT2D eigenvalue weighted by Crippen LogP contribution is 2.30. The molecule has 132 valence electrons. The molecule has 5 rings (SSSR count). The topological polar surface area (TPSA) is 83.4 Å². The number of rotatable bonds is 2. The average Bonchev–Trinajstić information content (AvgIpc) is 3.28. The first-order chi connectivity index (χ1) is 12.6. The van der Waals surface area contributed by atoms with Crippen molar-refractivity contribution in [3.05, 3.63) is 52.8 Å². The molecule has 0 bridgehead atoms. The minimum Gasteiger partial charge on any atom is -0.323 e. The Morgan fingerprint density at radius 1 is 1.00 bits per heavy atom. The molecule has 0 spiro atoms. The lowest BCUT2D eigenvalue weighted by Gasteiger charge is -2.29. The number of nitrogens with zero attached hydrogens (tertiary/aromatic N) is 2. The molecule has 1 aromatic heterocycles. The molecule has 3 amide bonds. The summed E-state index contributed by atoms with van der Waals surface area (Å²) in [6.07, 6.45) is 4.89. The van der Waals surface area contributed by atoms with Crippen LogP contribution in [0.3, 0.4) is 0 Å². The van der Waals surface area contributed by atoms with Gasteiger partial charge in [-0.05, 0) is 41.3 Å². The summed E-state index contributed by atoms with van der Waals surface area (Å²) >= 11 is 0. The lowest BCUT2D eigenvalue weighted by molar-refractivity contribution is -0.136. The van der Waals surface area contributed by atoms with Gasteiger partial charge in [0.25, 0.3) is 5.91 Å². The van der Waals surface area contributed by atoms with Gasteiger partial charge in [-0.2, -0.15) is 0 Å². The third-order valence-corrected chi connectivity index (χ3v) is 5.44. The molecule has 3 aliphatic heterocycles. The van der Waals surface area contributed by atoms with E-state index in [1.807, 2.05) is 18.2 Å². The standard InChI is InChI=1S/C19H18N4O3/c24-17-4-3-16(18(25)21-17)23-10-11-5-14(1-2-15(11)19(23)26)22-8-12-6-20-7-13(12)9-22/h1-2,5,8-9,16,20H,3-4,6-7,10H2,(H,21,24,25). The fraction of sp³-hybridized carbons (Fsp3) is 0.316. The number of imide groups is 1. The Hall–Kier alpha value is -2.93. The number of hydrogen-bond acceptors (Lipinski definition) is 4. The molecular weight excluding hydrogens is 332 g/mol. The summed E-state index contributed by atoms with van der Waals surface area (Å²) in [6, 6.07) is 5.22. The van der Waals surface area contributed by atoms with Crippen molar-refractivity contribution in [2.24, 2.45) is 0 Å². The predicted molar refractivity (Wildman–Crippen MR) is 92.4 cm³/mol. The van der Waals surface area contributed by atoms with Crippen molar-refractivity contribution in [3.8, 4) is 5.69 Å². The van der Waals surface area contributed by atoms with Crippen LogP contribution in [-0.4, -0.2) is 33.2 Å². The highest BCUT2D eigenvalue weighted by Gasteiger charge is 2.39. The fourth-order valence-electron chi connectivity index (χ4n) is 4.06. The number of nitrogens with one attached hydrogen (secondary N) is 2. The Morgan fingerprint density at radius 2 is 1.77 bits per heavy atom. The van der Waals surface area contributed by atoms with Crippen LogP contribution >= 0.6 is 0 Å². The number of amides is 3. The van der Waals surface area contributed by atoms with Crippen LogP contribution in [0.25, 0.3) is 5.69 Å². The first-order valence-electron chi connectivity index (χ1n) is 8.78. The maximum absolute atomic E-state index is 12.7. The third kappa shape index (κ3) is 2.28. The van der Waals surface area contributed by atoms with Crippen molar-refractivity contribution in [1.29, 1.82) is 0 Å². The minimum absolute atomic E-state index is 0.139. The second-order valence-corrected chi connectivity index (χ2v) is 7.06. The molecule has 1 aromatic carbocycles. The van der Waals surface area contributed by atoms with E-state index in [0.717, 1.165) is 24.3 Å². The van der Waals surface area contributed by atoms with E-state index in [1.54, 1.807) is 4.90 Å². The lowest BCUT2D eigenvalue weighted by atomic mass is 10.0. The van der Waals surface area contributed by atoms with Crippen LogP contribution in [0.1, 0.15) is 39.9 Å². The molecule has 2 aromatic rings. The van der Waals surface area contributed by atoms with E-state index in [4.69, 9.17) is 0 Å². The molecule has 26 heavy (non-hydrogen) atoms. The van der Waals surface area contributed by atoms with E-state index in [0.29, 0.717) is 18.5 Å². The van der Waals surface area contributed by atoms with E-state index >= 15 is 0 Å². The Labute approximate surface area is 150 Å². The molecule has 1 fully saturated rings. The maximum atomic E-state index is 12.7. The van der Waals surface area contributed by atoms with E-state index in [1.165, 1.54) is 11.1 Å². The van der Waals surface area contributed by atoms with E-state index in [9.17, 15) is 14.4 Å². The molecule has 1 atom stereocenters. The molecule has 7 nitrogen and oxygen atoms in total. The van der Waals surface area contributed by atoms with Crippen LogP contribution < -0.4 is 10.6 Å². The summed E-state index contributed by atoms with van der Waals surface area (Å²) in [5.74, 6) is -0.787. The second kappa shape index (κ2) is 5.54. The maximum Gasteiger partial charge on any atom is 0.255 e. The normalized spacial score (nSPS) is 21.8. The van der Waals surface area contributed by atoms with Gasteiger partial charge in [0.05, 0.1) is 0 Å². The number of fused-ring (bicyclic) bond motifs is 2. The van der Waals surface area contributed by atoms with Crippen LogP contribution in [-0.2, 0) is 29.2 Å². The highest BCUT2D eigenvalue weighted by atomic mass is 16.2. The van der Waals surface area contributed by atoms with Crippen LogP contribution in [0.4, 0.5) is 0 Å². The number of carbonyl (C=O) groups is 3. The Kier molecular flexibility index (Phi) is 3.27. The third-order valence-electron chi connectivity index (χ3n) is 5.44.